The molecule has 2 aromatic rings. The average Bonchev–Trinajstić information content (AvgIpc) is 3.14. The molecule has 0 saturated heterocycles. The number of quaternary nitrogens is 1. The van der Waals surface area contributed by atoms with Crippen molar-refractivity contribution in [3.05, 3.63) is 65.5 Å². The van der Waals surface area contributed by atoms with Crippen molar-refractivity contribution < 1.29 is 18.9 Å². The number of carbonyl (C=O) groups is 2. The second kappa shape index (κ2) is 9.46. The number of amides is 2. The second-order valence-electron chi connectivity index (χ2n) is 7.49. The first-order valence-electron chi connectivity index (χ1n) is 9.77. The molecule has 2 aromatic carbocycles. The number of likely N-dealkylation sites (N-methyl/N-ethyl adjacent to an activating group) is 1. The Bertz CT molecular complexity index is 834. The van der Waals surface area contributed by atoms with Crippen LogP contribution >= 0.6 is 0 Å². The van der Waals surface area contributed by atoms with E-state index < -0.39 is 0 Å². The van der Waals surface area contributed by atoms with E-state index in [4.69, 9.17) is 0 Å². The molecule has 1 saturated carbocycles. The smallest absolute Gasteiger partial charge is 0.279 e. The van der Waals surface area contributed by atoms with Crippen molar-refractivity contribution >= 4 is 17.5 Å². The summed E-state index contributed by atoms with van der Waals surface area (Å²) in [6, 6.07) is 13.7. The SMILES string of the molecule is C[NH+](CC(=O)Nc1ccccc1C(=O)NC1CCCC1)Cc1cccc(F)c1. The Morgan fingerprint density at radius 3 is 2.61 bits per heavy atom. The van der Waals surface area contributed by atoms with Gasteiger partial charge in [-0.25, -0.2) is 4.39 Å². The number of carbonyl (C=O) groups excluding carboxylic acids is 2. The zero-order valence-corrected chi connectivity index (χ0v) is 16.1. The summed E-state index contributed by atoms with van der Waals surface area (Å²) in [4.78, 5) is 26.0. The summed E-state index contributed by atoms with van der Waals surface area (Å²) in [6.07, 6.45) is 4.30. The standard InChI is InChI=1S/C22H26FN3O2/c1-26(14-16-7-6-8-17(23)13-16)15-21(27)25-20-12-5-4-11-19(20)22(28)24-18-9-2-3-10-18/h4-8,11-13,18H,2-3,9-10,14-15H2,1H3,(H,24,28)(H,25,27)/p+1. The van der Waals surface area contributed by atoms with Crippen molar-refractivity contribution in [1.29, 1.82) is 0 Å². The maximum absolute atomic E-state index is 13.3. The first kappa shape index (κ1) is 20.0. The van der Waals surface area contributed by atoms with Crippen LogP contribution in [0.5, 0.6) is 0 Å². The average molecular weight is 384 g/mol. The number of hydrogen-bond acceptors (Lipinski definition) is 2. The third-order valence-electron chi connectivity index (χ3n) is 4.99. The maximum Gasteiger partial charge on any atom is 0.279 e. The zero-order valence-electron chi connectivity index (χ0n) is 16.1. The van der Waals surface area contributed by atoms with E-state index in [0.717, 1.165) is 36.1 Å². The summed E-state index contributed by atoms with van der Waals surface area (Å²) in [7, 11) is 1.88. The largest absolute Gasteiger partial charge is 0.349 e. The van der Waals surface area contributed by atoms with Crippen LogP contribution in [0.3, 0.4) is 0 Å². The van der Waals surface area contributed by atoms with Crippen LogP contribution in [0, 0.1) is 5.82 Å². The Kier molecular flexibility index (Phi) is 6.76. The Morgan fingerprint density at radius 1 is 1.11 bits per heavy atom. The van der Waals surface area contributed by atoms with Gasteiger partial charge in [-0.15, -0.1) is 0 Å². The second-order valence-corrected chi connectivity index (χ2v) is 7.49. The molecular weight excluding hydrogens is 357 g/mol. The van der Waals surface area contributed by atoms with E-state index in [1.807, 2.05) is 13.1 Å². The predicted octanol–water partition coefficient (Wildman–Crippen LogP) is 2.15. The Balaban J connectivity index is 1.58. The first-order chi connectivity index (χ1) is 13.5. The van der Waals surface area contributed by atoms with Crippen molar-refractivity contribution in [3.63, 3.8) is 0 Å². The van der Waals surface area contributed by atoms with Gasteiger partial charge in [0.2, 0.25) is 0 Å². The molecule has 3 rings (SSSR count). The van der Waals surface area contributed by atoms with Gasteiger partial charge in [-0.1, -0.05) is 37.1 Å². The number of nitrogens with one attached hydrogen (secondary N) is 3. The molecule has 1 atom stereocenters. The highest BCUT2D eigenvalue weighted by molar-refractivity contribution is 6.04. The van der Waals surface area contributed by atoms with Crippen molar-refractivity contribution in [2.45, 2.75) is 38.3 Å². The van der Waals surface area contributed by atoms with Gasteiger partial charge in [0.25, 0.3) is 11.8 Å². The normalized spacial score (nSPS) is 15.2. The summed E-state index contributed by atoms with van der Waals surface area (Å²) >= 11 is 0. The molecule has 0 bridgehead atoms. The molecule has 0 spiro atoms. The summed E-state index contributed by atoms with van der Waals surface area (Å²) in [6.45, 7) is 0.754. The molecule has 1 aliphatic carbocycles. The summed E-state index contributed by atoms with van der Waals surface area (Å²) in [5.41, 5.74) is 1.83. The van der Waals surface area contributed by atoms with Gasteiger partial charge in [0.05, 0.1) is 18.3 Å². The molecule has 0 radical (unpaired) electrons. The lowest BCUT2D eigenvalue weighted by atomic mass is 10.1. The molecule has 0 aromatic heterocycles. The van der Waals surface area contributed by atoms with Gasteiger partial charge < -0.3 is 15.5 Å². The molecular formula is C22H27FN3O2+. The van der Waals surface area contributed by atoms with Gasteiger partial charge in [0.1, 0.15) is 12.4 Å². The molecule has 1 aliphatic rings. The van der Waals surface area contributed by atoms with Crippen molar-refractivity contribution in [2.24, 2.45) is 0 Å². The molecule has 28 heavy (non-hydrogen) atoms. The van der Waals surface area contributed by atoms with Crippen LogP contribution in [-0.2, 0) is 11.3 Å². The zero-order chi connectivity index (χ0) is 19.9. The van der Waals surface area contributed by atoms with Crippen molar-refractivity contribution in [1.82, 2.24) is 5.32 Å². The molecule has 148 valence electrons. The fraction of sp³-hybridized carbons (Fsp3) is 0.364. The van der Waals surface area contributed by atoms with Gasteiger partial charge in [-0.2, -0.15) is 0 Å². The van der Waals surface area contributed by atoms with Gasteiger partial charge in [-0.3, -0.25) is 9.59 Å². The highest BCUT2D eigenvalue weighted by atomic mass is 19.1. The number of halogens is 1. The van der Waals surface area contributed by atoms with Crippen molar-refractivity contribution in [3.8, 4) is 0 Å². The highest BCUT2D eigenvalue weighted by Gasteiger charge is 2.20. The third kappa shape index (κ3) is 5.63. The molecule has 6 heteroatoms. The van der Waals surface area contributed by atoms with Crippen LogP contribution in [0.2, 0.25) is 0 Å². The van der Waals surface area contributed by atoms with Crippen molar-refractivity contribution in [2.75, 3.05) is 18.9 Å². The van der Waals surface area contributed by atoms with Crippen LogP contribution in [0.25, 0.3) is 0 Å². The van der Waals surface area contributed by atoms with E-state index in [0.29, 0.717) is 17.8 Å². The number of anilines is 1. The van der Waals surface area contributed by atoms with E-state index in [9.17, 15) is 14.0 Å². The minimum absolute atomic E-state index is 0.150. The predicted molar refractivity (Wildman–Crippen MR) is 107 cm³/mol. The lowest BCUT2D eigenvalue weighted by molar-refractivity contribution is -0.885. The number of para-hydroxylation sites is 1. The first-order valence-corrected chi connectivity index (χ1v) is 9.77. The minimum Gasteiger partial charge on any atom is -0.349 e. The van der Waals surface area contributed by atoms with Crippen LogP contribution < -0.4 is 15.5 Å². The quantitative estimate of drug-likeness (QED) is 0.685. The molecule has 5 nitrogen and oxygen atoms in total. The molecule has 1 unspecified atom stereocenters. The fourth-order valence-electron chi connectivity index (χ4n) is 3.65. The fourth-order valence-corrected chi connectivity index (χ4v) is 3.65. The van der Waals surface area contributed by atoms with E-state index in [1.165, 1.54) is 12.1 Å². The van der Waals surface area contributed by atoms with E-state index in [1.54, 1.807) is 30.3 Å². The van der Waals surface area contributed by atoms with Gasteiger partial charge in [0.15, 0.2) is 6.54 Å². The topological polar surface area (TPSA) is 62.6 Å². The third-order valence-corrected chi connectivity index (χ3v) is 4.99. The van der Waals surface area contributed by atoms with Crippen LogP contribution in [-0.4, -0.2) is 31.4 Å². The van der Waals surface area contributed by atoms with Gasteiger partial charge in [0, 0.05) is 11.6 Å². The van der Waals surface area contributed by atoms with Crippen LogP contribution in [0.15, 0.2) is 48.5 Å². The number of rotatable bonds is 7. The van der Waals surface area contributed by atoms with E-state index >= 15 is 0 Å². The highest BCUT2D eigenvalue weighted by Crippen LogP contribution is 2.20. The molecule has 0 heterocycles. The van der Waals surface area contributed by atoms with Crippen LogP contribution in [0.1, 0.15) is 41.6 Å². The number of benzene rings is 2. The van der Waals surface area contributed by atoms with E-state index in [2.05, 4.69) is 10.6 Å². The Hall–Kier alpha value is -2.73. The molecule has 2 amide bonds. The molecule has 3 N–H and O–H groups in total. The lowest BCUT2D eigenvalue weighted by Gasteiger charge is -2.16. The molecule has 1 fully saturated rings. The van der Waals surface area contributed by atoms with E-state index in [-0.39, 0.29) is 30.2 Å². The number of hydrogen-bond donors (Lipinski definition) is 3. The monoisotopic (exact) mass is 384 g/mol. The Morgan fingerprint density at radius 2 is 1.86 bits per heavy atom. The van der Waals surface area contributed by atoms with Gasteiger partial charge in [-0.05, 0) is 37.1 Å². The lowest BCUT2D eigenvalue weighted by Crippen LogP contribution is -3.08. The molecule has 0 aliphatic heterocycles. The van der Waals surface area contributed by atoms with Gasteiger partial charge >= 0.3 is 0 Å². The summed E-state index contributed by atoms with van der Waals surface area (Å²) in [5.74, 6) is -0.616. The summed E-state index contributed by atoms with van der Waals surface area (Å²) in [5, 5.41) is 5.91. The summed E-state index contributed by atoms with van der Waals surface area (Å²) < 4.78 is 13.3. The Labute approximate surface area is 164 Å². The maximum atomic E-state index is 13.3. The van der Waals surface area contributed by atoms with Crippen LogP contribution in [0.4, 0.5) is 10.1 Å². The minimum atomic E-state index is -0.281.